The number of rotatable bonds is 3. The van der Waals surface area contributed by atoms with Crippen molar-refractivity contribution in [3.8, 4) is 5.75 Å². The first-order chi connectivity index (χ1) is 6.86. The van der Waals surface area contributed by atoms with Crippen molar-refractivity contribution in [2.24, 2.45) is 0 Å². The van der Waals surface area contributed by atoms with Gasteiger partial charge in [-0.05, 0) is 42.4 Å². The number of aliphatic hydroxyl groups excluding tert-OH is 1. The number of methoxy groups -OCH3 is 1. The highest BCUT2D eigenvalue weighted by molar-refractivity contribution is 5.48. The molecule has 0 fully saturated rings. The molecular formula is C12H16O2. The van der Waals surface area contributed by atoms with Gasteiger partial charge in [-0.2, -0.15) is 0 Å². The van der Waals surface area contributed by atoms with Crippen molar-refractivity contribution in [2.75, 3.05) is 13.7 Å². The van der Waals surface area contributed by atoms with Gasteiger partial charge < -0.3 is 9.84 Å². The summed E-state index contributed by atoms with van der Waals surface area (Å²) in [5.74, 6) is 1.01. The topological polar surface area (TPSA) is 29.5 Å². The van der Waals surface area contributed by atoms with Gasteiger partial charge in [0.05, 0.1) is 7.11 Å². The molecule has 1 aromatic carbocycles. The van der Waals surface area contributed by atoms with Crippen LogP contribution in [0.1, 0.15) is 23.1 Å². The molecule has 1 N–H and O–H groups in total. The van der Waals surface area contributed by atoms with E-state index >= 15 is 0 Å². The maximum absolute atomic E-state index is 8.93. The average molecular weight is 192 g/mol. The Hall–Kier alpha value is -1.02. The zero-order chi connectivity index (χ0) is 9.97. The van der Waals surface area contributed by atoms with Crippen LogP contribution in [-0.2, 0) is 19.3 Å². The van der Waals surface area contributed by atoms with Gasteiger partial charge in [0.1, 0.15) is 5.75 Å². The fraction of sp³-hybridized carbons (Fsp3) is 0.500. The van der Waals surface area contributed by atoms with Crippen LogP contribution in [0.4, 0.5) is 0 Å². The maximum Gasteiger partial charge on any atom is 0.125 e. The molecule has 1 aliphatic rings. The van der Waals surface area contributed by atoms with Crippen LogP contribution >= 0.6 is 0 Å². The standard InChI is InChI=1S/C12H16O2/c1-14-12-10(7-8-13)6-5-9-3-2-4-11(9)12/h5-6,13H,2-4,7-8H2,1H3. The number of aliphatic hydroxyl groups is 1. The summed E-state index contributed by atoms with van der Waals surface area (Å²) >= 11 is 0. The molecule has 1 aromatic rings. The Morgan fingerprint density at radius 2 is 2.21 bits per heavy atom. The van der Waals surface area contributed by atoms with Crippen molar-refractivity contribution < 1.29 is 9.84 Å². The molecule has 2 heteroatoms. The van der Waals surface area contributed by atoms with E-state index in [4.69, 9.17) is 9.84 Å². The second-order valence-corrected chi connectivity index (χ2v) is 3.72. The highest BCUT2D eigenvalue weighted by Gasteiger charge is 2.17. The summed E-state index contributed by atoms with van der Waals surface area (Å²) in [6.07, 6.45) is 4.22. The van der Waals surface area contributed by atoms with Crippen LogP contribution in [0, 0.1) is 0 Å². The molecule has 14 heavy (non-hydrogen) atoms. The summed E-state index contributed by atoms with van der Waals surface area (Å²) in [5, 5.41) is 8.93. The van der Waals surface area contributed by atoms with Crippen molar-refractivity contribution in [1.82, 2.24) is 0 Å². The molecule has 0 saturated heterocycles. The maximum atomic E-state index is 8.93. The first kappa shape index (κ1) is 9.53. The summed E-state index contributed by atoms with van der Waals surface area (Å²) in [4.78, 5) is 0. The quantitative estimate of drug-likeness (QED) is 0.790. The highest BCUT2D eigenvalue weighted by Crippen LogP contribution is 2.33. The third-order valence-corrected chi connectivity index (χ3v) is 2.90. The van der Waals surface area contributed by atoms with Crippen LogP contribution in [0.25, 0.3) is 0 Å². The molecule has 1 aliphatic carbocycles. The lowest BCUT2D eigenvalue weighted by molar-refractivity contribution is 0.296. The molecule has 0 heterocycles. The first-order valence-corrected chi connectivity index (χ1v) is 5.15. The third-order valence-electron chi connectivity index (χ3n) is 2.90. The van der Waals surface area contributed by atoms with Crippen molar-refractivity contribution in [1.29, 1.82) is 0 Å². The predicted molar refractivity (Wildman–Crippen MR) is 55.8 cm³/mol. The monoisotopic (exact) mass is 192 g/mol. The minimum atomic E-state index is 0.190. The Morgan fingerprint density at radius 1 is 1.36 bits per heavy atom. The van der Waals surface area contributed by atoms with Crippen LogP contribution in [-0.4, -0.2) is 18.8 Å². The van der Waals surface area contributed by atoms with Gasteiger partial charge in [0, 0.05) is 6.61 Å². The number of hydrogen-bond acceptors (Lipinski definition) is 2. The smallest absolute Gasteiger partial charge is 0.125 e. The van der Waals surface area contributed by atoms with E-state index in [1.165, 1.54) is 24.0 Å². The van der Waals surface area contributed by atoms with Gasteiger partial charge in [0.25, 0.3) is 0 Å². The highest BCUT2D eigenvalue weighted by atomic mass is 16.5. The van der Waals surface area contributed by atoms with Crippen molar-refractivity contribution in [3.05, 3.63) is 28.8 Å². The Morgan fingerprint density at radius 3 is 2.93 bits per heavy atom. The van der Waals surface area contributed by atoms with E-state index in [0.29, 0.717) is 6.42 Å². The van der Waals surface area contributed by atoms with Crippen LogP contribution in [0.15, 0.2) is 12.1 Å². The van der Waals surface area contributed by atoms with Crippen LogP contribution in [0.5, 0.6) is 5.75 Å². The van der Waals surface area contributed by atoms with E-state index < -0.39 is 0 Å². The Balaban J connectivity index is 2.43. The van der Waals surface area contributed by atoms with Crippen LogP contribution < -0.4 is 4.74 Å². The van der Waals surface area contributed by atoms with Gasteiger partial charge in [-0.15, -0.1) is 0 Å². The van der Waals surface area contributed by atoms with Crippen LogP contribution in [0.2, 0.25) is 0 Å². The van der Waals surface area contributed by atoms with Crippen molar-refractivity contribution in [2.45, 2.75) is 25.7 Å². The average Bonchev–Trinajstić information content (AvgIpc) is 2.66. The van der Waals surface area contributed by atoms with Gasteiger partial charge in [0.15, 0.2) is 0 Å². The molecular weight excluding hydrogens is 176 g/mol. The molecule has 0 radical (unpaired) electrons. The lowest BCUT2D eigenvalue weighted by atomic mass is 10.0. The van der Waals surface area contributed by atoms with E-state index in [1.807, 2.05) is 0 Å². The van der Waals surface area contributed by atoms with Gasteiger partial charge in [0.2, 0.25) is 0 Å². The number of hydrogen-bond donors (Lipinski definition) is 1. The summed E-state index contributed by atoms with van der Waals surface area (Å²) in [6.45, 7) is 0.190. The largest absolute Gasteiger partial charge is 0.496 e. The Labute approximate surface area is 84.5 Å². The van der Waals surface area contributed by atoms with E-state index in [0.717, 1.165) is 17.7 Å². The first-order valence-electron chi connectivity index (χ1n) is 5.15. The molecule has 0 spiro atoms. The van der Waals surface area contributed by atoms with Gasteiger partial charge in [-0.25, -0.2) is 0 Å². The van der Waals surface area contributed by atoms with Crippen molar-refractivity contribution >= 4 is 0 Å². The summed E-state index contributed by atoms with van der Waals surface area (Å²) in [5.41, 5.74) is 3.91. The van der Waals surface area contributed by atoms with E-state index in [1.54, 1.807) is 7.11 Å². The number of ether oxygens (including phenoxy) is 1. The van der Waals surface area contributed by atoms with Gasteiger partial charge in [-0.1, -0.05) is 12.1 Å². The normalized spacial score (nSPS) is 14.1. The zero-order valence-electron chi connectivity index (χ0n) is 8.55. The Kier molecular flexibility index (Phi) is 2.73. The van der Waals surface area contributed by atoms with E-state index in [9.17, 15) is 0 Å². The zero-order valence-corrected chi connectivity index (χ0v) is 8.55. The van der Waals surface area contributed by atoms with Gasteiger partial charge in [-0.3, -0.25) is 0 Å². The predicted octanol–water partition coefficient (Wildman–Crippen LogP) is 1.72. The molecule has 0 aliphatic heterocycles. The minimum Gasteiger partial charge on any atom is -0.496 e. The SMILES string of the molecule is COc1c(CCO)ccc2c1CCC2. The molecule has 0 unspecified atom stereocenters. The Bertz CT molecular complexity index is 331. The summed E-state index contributed by atoms with van der Waals surface area (Å²) < 4.78 is 5.43. The second-order valence-electron chi connectivity index (χ2n) is 3.72. The van der Waals surface area contributed by atoms with Crippen LogP contribution in [0.3, 0.4) is 0 Å². The number of benzene rings is 1. The van der Waals surface area contributed by atoms with Gasteiger partial charge >= 0.3 is 0 Å². The molecule has 0 atom stereocenters. The molecule has 2 nitrogen and oxygen atoms in total. The minimum absolute atomic E-state index is 0.190. The second kappa shape index (κ2) is 4.01. The fourth-order valence-corrected chi connectivity index (χ4v) is 2.25. The lowest BCUT2D eigenvalue weighted by Gasteiger charge is -2.12. The third kappa shape index (κ3) is 1.50. The van der Waals surface area contributed by atoms with Crippen molar-refractivity contribution in [3.63, 3.8) is 0 Å². The molecule has 0 saturated carbocycles. The number of fused-ring (bicyclic) bond motifs is 1. The molecule has 0 bridgehead atoms. The molecule has 0 amide bonds. The number of aryl methyl sites for hydroxylation is 1. The van der Waals surface area contributed by atoms with E-state index in [2.05, 4.69) is 12.1 Å². The van der Waals surface area contributed by atoms with E-state index in [-0.39, 0.29) is 6.61 Å². The summed E-state index contributed by atoms with van der Waals surface area (Å²) in [7, 11) is 1.72. The fourth-order valence-electron chi connectivity index (χ4n) is 2.25. The molecule has 76 valence electrons. The molecule has 0 aromatic heterocycles. The lowest BCUT2D eigenvalue weighted by Crippen LogP contribution is -1.99. The summed E-state index contributed by atoms with van der Waals surface area (Å²) in [6, 6.07) is 4.26. The molecule has 2 rings (SSSR count).